The second-order valence-corrected chi connectivity index (χ2v) is 5.08. The minimum atomic E-state index is 0.717. The fraction of sp³-hybridized carbons (Fsp3) is 0.182. The number of nitrogens with zero attached hydrogens (tertiary/aromatic N) is 1. The summed E-state index contributed by atoms with van der Waals surface area (Å²) in [5, 5.41) is 2.75. The largest absolute Gasteiger partial charge is 0.431 e. The average molecular weight is 331 g/mol. The molecule has 0 fully saturated rings. The number of rotatable bonds is 3. The van der Waals surface area contributed by atoms with Crippen molar-refractivity contribution in [1.29, 1.82) is 0 Å². The van der Waals surface area contributed by atoms with Gasteiger partial charge in [-0.3, -0.25) is 0 Å². The molecule has 2 nitrogen and oxygen atoms in total. The van der Waals surface area contributed by atoms with Crippen molar-refractivity contribution in [3.8, 4) is 10.9 Å². The highest BCUT2D eigenvalue weighted by atomic mass is 127. The van der Waals surface area contributed by atoms with Crippen molar-refractivity contribution in [3.05, 3.63) is 38.9 Å². The van der Waals surface area contributed by atoms with E-state index in [-0.39, 0.29) is 0 Å². The van der Waals surface area contributed by atoms with Crippen LogP contribution in [0.1, 0.15) is 12.6 Å². The highest BCUT2D eigenvalue weighted by Gasteiger charge is 2.02. The van der Waals surface area contributed by atoms with E-state index in [0.717, 1.165) is 21.4 Å². The van der Waals surface area contributed by atoms with Gasteiger partial charge < -0.3 is 4.74 Å². The van der Waals surface area contributed by atoms with Gasteiger partial charge in [-0.2, -0.15) is 0 Å². The molecule has 1 aromatic heterocycles. The molecule has 2 rings (SSSR count). The molecule has 0 aliphatic heterocycles. The van der Waals surface area contributed by atoms with Crippen LogP contribution < -0.4 is 4.74 Å². The average Bonchev–Trinajstić information content (AvgIpc) is 2.65. The zero-order valence-corrected chi connectivity index (χ0v) is 11.2. The maximum Gasteiger partial charge on any atom is 0.278 e. The topological polar surface area (TPSA) is 22.1 Å². The molecule has 0 N–H and O–H groups in total. The lowest BCUT2D eigenvalue weighted by Gasteiger charge is -2.01. The monoisotopic (exact) mass is 331 g/mol. The Morgan fingerprint density at radius 3 is 3.00 bits per heavy atom. The Labute approximate surface area is 106 Å². The van der Waals surface area contributed by atoms with Crippen LogP contribution in [0.4, 0.5) is 0 Å². The Balaban J connectivity index is 2.14. The van der Waals surface area contributed by atoms with Gasteiger partial charge in [0, 0.05) is 8.95 Å². The van der Waals surface area contributed by atoms with Gasteiger partial charge in [0.25, 0.3) is 5.19 Å². The Bertz CT molecular complexity index is 455. The van der Waals surface area contributed by atoms with E-state index in [4.69, 9.17) is 4.74 Å². The summed E-state index contributed by atoms with van der Waals surface area (Å²) in [6.45, 7) is 2.09. The fourth-order valence-electron chi connectivity index (χ4n) is 1.13. The highest BCUT2D eigenvalue weighted by molar-refractivity contribution is 14.1. The molecular weight excluding hydrogens is 321 g/mol. The molecule has 2 aromatic rings. The molecular formula is C11H10INOS. The minimum absolute atomic E-state index is 0.717. The molecule has 4 heteroatoms. The van der Waals surface area contributed by atoms with Crippen molar-refractivity contribution in [2.24, 2.45) is 0 Å². The second kappa shape index (κ2) is 4.94. The van der Waals surface area contributed by atoms with E-state index in [2.05, 4.69) is 34.5 Å². The predicted molar refractivity (Wildman–Crippen MR) is 70.7 cm³/mol. The first-order chi connectivity index (χ1) is 7.28. The van der Waals surface area contributed by atoms with Gasteiger partial charge in [0.1, 0.15) is 5.75 Å². The number of hydrogen-bond acceptors (Lipinski definition) is 3. The summed E-state index contributed by atoms with van der Waals surface area (Å²) in [6.07, 6.45) is 0.951. The van der Waals surface area contributed by atoms with Crippen LogP contribution in [0.5, 0.6) is 10.9 Å². The molecule has 15 heavy (non-hydrogen) atoms. The number of aromatic nitrogens is 1. The molecule has 0 unspecified atom stereocenters. The Hall–Kier alpha value is -0.620. The SMILES string of the molecule is CCc1csc(Oc2cccc(I)c2)n1. The quantitative estimate of drug-likeness (QED) is 0.790. The van der Waals surface area contributed by atoms with Crippen molar-refractivity contribution < 1.29 is 4.74 Å². The summed E-state index contributed by atoms with van der Waals surface area (Å²) in [4.78, 5) is 4.35. The van der Waals surface area contributed by atoms with E-state index in [0.29, 0.717) is 5.19 Å². The lowest BCUT2D eigenvalue weighted by molar-refractivity contribution is 0.477. The van der Waals surface area contributed by atoms with Crippen molar-refractivity contribution in [3.63, 3.8) is 0 Å². The number of thiazole rings is 1. The van der Waals surface area contributed by atoms with E-state index >= 15 is 0 Å². The van der Waals surface area contributed by atoms with Gasteiger partial charge in [-0.25, -0.2) is 4.98 Å². The molecule has 0 saturated carbocycles. The highest BCUT2D eigenvalue weighted by Crippen LogP contribution is 2.26. The zero-order valence-electron chi connectivity index (χ0n) is 8.24. The molecule has 0 spiro atoms. The number of ether oxygens (including phenoxy) is 1. The molecule has 1 heterocycles. The first-order valence-electron chi connectivity index (χ1n) is 4.65. The molecule has 0 atom stereocenters. The van der Waals surface area contributed by atoms with Crippen molar-refractivity contribution in [1.82, 2.24) is 4.98 Å². The number of aryl methyl sites for hydroxylation is 1. The van der Waals surface area contributed by atoms with Gasteiger partial charge in [0.05, 0.1) is 5.69 Å². The van der Waals surface area contributed by atoms with Crippen LogP contribution in [-0.4, -0.2) is 4.98 Å². The van der Waals surface area contributed by atoms with Crippen LogP contribution in [0.25, 0.3) is 0 Å². The molecule has 0 radical (unpaired) electrons. The molecule has 0 aliphatic carbocycles. The van der Waals surface area contributed by atoms with E-state index in [1.54, 1.807) is 0 Å². The third-order valence-electron chi connectivity index (χ3n) is 1.89. The van der Waals surface area contributed by atoms with Crippen LogP contribution in [0.2, 0.25) is 0 Å². The minimum Gasteiger partial charge on any atom is -0.431 e. The van der Waals surface area contributed by atoms with E-state index in [1.165, 1.54) is 11.3 Å². The normalized spacial score (nSPS) is 10.3. The van der Waals surface area contributed by atoms with Gasteiger partial charge in [0.2, 0.25) is 0 Å². The predicted octanol–water partition coefficient (Wildman–Crippen LogP) is 4.10. The third-order valence-corrected chi connectivity index (χ3v) is 3.33. The summed E-state index contributed by atoms with van der Waals surface area (Å²) in [7, 11) is 0. The van der Waals surface area contributed by atoms with Crippen molar-refractivity contribution in [2.45, 2.75) is 13.3 Å². The molecule has 0 saturated heterocycles. The summed E-state index contributed by atoms with van der Waals surface area (Å²) < 4.78 is 6.81. The van der Waals surface area contributed by atoms with Crippen LogP contribution in [0.15, 0.2) is 29.6 Å². The molecule has 78 valence electrons. The van der Waals surface area contributed by atoms with Gasteiger partial charge in [-0.05, 0) is 47.2 Å². The number of hydrogen-bond donors (Lipinski definition) is 0. The lowest BCUT2D eigenvalue weighted by atomic mass is 10.3. The van der Waals surface area contributed by atoms with Gasteiger partial charge in [0.15, 0.2) is 0 Å². The summed E-state index contributed by atoms with van der Waals surface area (Å²) in [5.74, 6) is 0.846. The molecule has 0 aliphatic rings. The molecule has 0 amide bonds. The van der Waals surface area contributed by atoms with E-state index < -0.39 is 0 Å². The van der Waals surface area contributed by atoms with Crippen LogP contribution in [0.3, 0.4) is 0 Å². The second-order valence-electron chi connectivity index (χ2n) is 3.02. The lowest BCUT2D eigenvalue weighted by Crippen LogP contribution is -1.85. The van der Waals surface area contributed by atoms with E-state index in [9.17, 15) is 0 Å². The van der Waals surface area contributed by atoms with Gasteiger partial charge in [-0.1, -0.05) is 24.3 Å². The smallest absolute Gasteiger partial charge is 0.278 e. The van der Waals surface area contributed by atoms with Crippen LogP contribution in [-0.2, 0) is 6.42 Å². The summed E-state index contributed by atoms with van der Waals surface area (Å²) in [6, 6.07) is 7.95. The molecule has 1 aromatic carbocycles. The number of halogens is 1. The first kappa shape index (κ1) is 10.9. The molecule has 0 bridgehead atoms. The Morgan fingerprint density at radius 1 is 1.47 bits per heavy atom. The fourth-order valence-corrected chi connectivity index (χ4v) is 2.41. The first-order valence-corrected chi connectivity index (χ1v) is 6.61. The van der Waals surface area contributed by atoms with Crippen LogP contribution >= 0.6 is 33.9 Å². The van der Waals surface area contributed by atoms with Crippen LogP contribution in [0, 0.1) is 3.57 Å². The van der Waals surface area contributed by atoms with E-state index in [1.807, 2.05) is 29.6 Å². The van der Waals surface area contributed by atoms with Crippen molar-refractivity contribution >= 4 is 33.9 Å². The van der Waals surface area contributed by atoms with Crippen molar-refractivity contribution in [2.75, 3.05) is 0 Å². The summed E-state index contributed by atoms with van der Waals surface area (Å²) in [5.41, 5.74) is 1.08. The summed E-state index contributed by atoms with van der Waals surface area (Å²) >= 11 is 3.80. The van der Waals surface area contributed by atoms with Gasteiger partial charge in [-0.15, -0.1) is 0 Å². The Morgan fingerprint density at radius 2 is 2.33 bits per heavy atom. The Kier molecular flexibility index (Phi) is 3.58. The maximum atomic E-state index is 5.64. The maximum absolute atomic E-state index is 5.64. The third kappa shape index (κ3) is 2.92. The number of benzene rings is 1. The standard InChI is InChI=1S/C11H10INOS/c1-2-9-7-15-11(13-9)14-10-5-3-4-8(12)6-10/h3-7H,2H2,1H3. The zero-order chi connectivity index (χ0) is 10.7. The van der Waals surface area contributed by atoms with Gasteiger partial charge >= 0.3 is 0 Å².